The lowest BCUT2D eigenvalue weighted by molar-refractivity contribution is 0.156. The molecule has 1 N–H and O–H groups in total. The lowest BCUT2D eigenvalue weighted by atomic mass is 9.90. The van der Waals surface area contributed by atoms with Crippen molar-refractivity contribution in [2.24, 2.45) is 7.05 Å². The fourth-order valence-electron chi connectivity index (χ4n) is 6.06. The van der Waals surface area contributed by atoms with Crippen molar-refractivity contribution in [3.63, 3.8) is 0 Å². The maximum absolute atomic E-state index is 13.9. The zero-order valence-corrected chi connectivity index (χ0v) is 24.4. The van der Waals surface area contributed by atoms with Crippen LogP contribution in [0.3, 0.4) is 0 Å². The maximum atomic E-state index is 13.9. The van der Waals surface area contributed by atoms with Crippen LogP contribution in [0.5, 0.6) is 0 Å². The van der Waals surface area contributed by atoms with E-state index >= 15 is 0 Å². The molecule has 0 amide bonds. The molecule has 5 aromatic rings. The third kappa shape index (κ3) is 5.98. The second-order valence-corrected chi connectivity index (χ2v) is 11.1. The minimum Gasteiger partial charge on any atom is -0.307 e. The number of hydrogen-bond acceptors (Lipinski definition) is 5. The van der Waals surface area contributed by atoms with Gasteiger partial charge in [0.05, 0.1) is 28.7 Å². The predicted octanol–water partition coefficient (Wildman–Crippen LogP) is 5.64. The summed E-state index contributed by atoms with van der Waals surface area (Å²) in [6.45, 7) is 4.87. The van der Waals surface area contributed by atoms with Crippen molar-refractivity contribution < 1.29 is 0 Å². The molecule has 214 valence electrons. The van der Waals surface area contributed by atoms with Crippen molar-refractivity contribution in [2.45, 2.75) is 58.4 Å². The van der Waals surface area contributed by atoms with Crippen molar-refractivity contribution in [2.75, 3.05) is 0 Å². The topological polar surface area (TPSA) is 68.0 Å². The van der Waals surface area contributed by atoms with E-state index in [1.165, 1.54) is 16.7 Å². The van der Waals surface area contributed by atoms with Gasteiger partial charge in [-0.3, -0.25) is 24.3 Å². The highest BCUT2D eigenvalue weighted by Crippen LogP contribution is 2.35. The van der Waals surface area contributed by atoms with Crippen LogP contribution in [0.2, 0.25) is 0 Å². The molecule has 3 aromatic heterocycles. The fraction of sp³-hybridized carbons (Fsp3) is 0.286. The Balaban J connectivity index is 1.26. The normalized spacial score (nSPS) is 14.7. The van der Waals surface area contributed by atoms with Gasteiger partial charge in [-0.1, -0.05) is 54.6 Å². The van der Waals surface area contributed by atoms with Crippen LogP contribution in [0.25, 0.3) is 5.69 Å². The van der Waals surface area contributed by atoms with Crippen LogP contribution in [0.15, 0.2) is 102 Å². The zero-order valence-electron chi connectivity index (χ0n) is 24.4. The molecular formula is C35H38N6O. The predicted molar refractivity (Wildman–Crippen MR) is 166 cm³/mol. The van der Waals surface area contributed by atoms with Gasteiger partial charge in [0, 0.05) is 51.3 Å². The third-order valence-corrected chi connectivity index (χ3v) is 8.41. The van der Waals surface area contributed by atoms with Gasteiger partial charge < -0.3 is 5.32 Å². The van der Waals surface area contributed by atoms with E-state index in [4.69, 9.17) is 4.98 Å². The summed E-state index contributed by atoms with van der Waals surface area (Å²) in [5.41, 5.74) is 8.70. The molecular weight excluding hydrogens is 520 g/mol. The highest BCUT2D eigenvalue weighted by atomic mass is 16.1. The molecule has 7 nitrogen and oxygen atoms in total. The van der Waals surface area contributed by atoms with E-state index < -0.39 is 0 Å². The lowest BCUT2D eigenvalue weighted by Crippen LogP contribution is -2.33. The van der Waals surface area contributed by atoms with E-state index in [2.05, 4.69) is 45.5 Å². The lowest BCUT2D eigenvalue weighted by Gasteiger charge is -2.35. The Morgan fingerprint density at radius 2 is 1.62 bits per heavy atom. The molecule has 1 aliphatic carbocycles. The molecule has 42 heavy (non-hydrogen) atoms. The number of aryl methyl sites for hydroxylation is 1. The quantitative estimate of drug-likeness (QED) is 0.240. The first-order valence-corrected chi connectivity index (χ1v) is 14.8. The average Bonchev–Trinajstić information content (AvgIpc) is 3.24. The number of hydrogen-bond donors (Lipinski definition) is 1. The summed E-state index contributed by atoms with van der Waals surface area (Å²) >= 11 is 0. The average molecular weight is 559 g/mol. The Labute approximate surface area is 247 Å². The summed E-state index contributed by atoms with van der Waals surface area (Å²) in [6.07, 6.45) is 6.92. The molecule has 1 unspecified atom stereocenters. The molecule has 0 spiro atoms. The molecule has 3 heterocycles. The minimum atomic E-state index is 0.0394. The summed E-state index contributed by atoms with van der Waals surface area (Å²) in [4.78, 5) is 25.6. The van der Waals surface area contributed by atoms with Gasteiger partial charge in [-0.15, -0.1) is 0 Å². The Hall–Kier alpha value is -4.33. The number of aromatic nitrogens is 4. The molecule has 2 aromatic carbocycles. The maximum Gasteiger partial charge on any atom is 0.276 e. The molecule has 0 saturated carbocycles. The second-order valence-electron chi connectivity index (χ2n) is 11.1. The number of pyridine rings is 2. The molecule has 0 aliphatic heterocycles. The van der Waals surface area contributed by atoms with E-state index in [1.807, 2.05) is 85.6 Å². The van der Waals surface area contributed by atoms with Gasteiger partial charge in [0.2, 0.25) is 0 Å². The Morgan fingerprint density at radius 1 is 0.857 bits per heavy atom. The van der Waals surface area contributed by atoms with E-state index in [-0.39, 0.29) is 11.6 Å². The minimum absolute atomic E-state index is 0.0394. The van der Waals surface area contributed by atoms with Gasteiger partial charge in [-0.05, 0) is 73.2 Å². The molecule has 7 heteroatoms. The van der Waals surface area contributed by atoms with E-state index in [9.17, 15) is 4.79 Å². The Morgan fingerprint density at radius 3 is 2.40 bits per heavy atom. The van der Waals surface area contributed by atoms with E-state index in [0.29, 0.717) is 6.54 Å². The van der Waals surface area contributed by atoms with Crippen LogP contribution >= 0.6 is 0 Å². The molecule has 1 atom stereocenters. The van der Waals surface area contributed by atoms with Crippen molar-refractivity contribution in [1.29, 1.82) is 0 Å². The number of nitrogens with one attached hydrogen (secondary N) is 1. The summed E-state index contributed by atoms with van der Waals surface area (Å²) in [6, 6.07) is 29.1. The highest BCUT2D eigenvalue weighted by molar-refractivity contribution is 5.34. The number of nitrogens with zero attached hydrogens (tertiary/aromatic N) is 5. The van der Waals surface area contributed by atoms with Crippen LogP contribution in [0.1, 0.15) is 58.2 Å². The van der Waals surface area contributed by atoms with E-state index in [0.717, 1.165) is 67.2 Å². The summed E-state index contributed by atoms with van der Waals surface area (Å²) in [7, 11) is 1.97. The van der Waals surface area contributed by atoms with Crippen LogP contribution in [0, 0.1) is 6.92 Å². The molecule has 0 radical (unpaired) electrons. The monoisotopic (exact) mass is 558 g/mol. The van der Waals surface area contributed by atoms with Gasteiger partial charge in [0.15, 0.2) is 0 Å². The number of fused-ring (bicyclic) bond motifs is 1. The molecule has 0 bridgehead atoms. The Kier molecular flexibility index (Phi) is 8.40. The standard InChI is InChI=1S/C35H38N6O/c1-26-32(35(42)41(39(26)2)31-13-4-3-5-14-31)25-40(33-15-8-10-29-11-9-21-38-34(29)33)24-28-18-16-27(17-19-28)22-36-23-30-12-6-7-20-37-30/h3-7,9,11-14,16-21,33,36H,8,10,15,22-25H2,1-2H3. The molecule has 0 saturated heterocycles. The SMILES string of the molecule is Cc1c(CN(Cc2ccc(CNCc3ccccn3)cc2)C2CCCc3cccnc32)c(=O)n(-c2ccccc2)n1C. The van der Waals surface area contributed by atoms with Crippen molar-refractivity contribution in [3.8, 4) is 5.69 Å². The van der Waals surface area contributed by atoms with Crippen molar-refractivity contribution in [1.82, 2.24) is 29.5 Å². The second kappa shape index (κ2) is 12.7. The van der Waals surface area contributed by atoms with Gasteiger partial charge in [-0.2, -0.15) is 0 Å². The van der Waals surface area contributed by atoms with Crippen molar-refractivity contribution >= 4 is 0 Å². The van der Waals surface area contributed by atoms with Gasteiger partial charge in [0.1, 0.15) is 0 Å². The first-order valence-electron chi connectivity index (χ1n) is 14.8. The molecule has 0 fully saturated rings. The smallest absolute Gasteiger partial charge is 0.276 e. The molecule has 6 rings (SSSR count). The fourth-order valence-corrected chi connectivity index (χ4v) is 6.06. The number of para-hydroxylation sites is 1. The van der Waals surface area contributed by atoms with Crippen LogP contribution in [0.4, 0.5) is 0 Å². The van der Waals surface area contributed by atoms with Gasteiger partial charge >= 0.3 is 0 Å². The zero-order chi connectivity index (χ0) is 28.9. The van der Waals surface area contributed by atoms with Crippen LogP contribution in [-0.2, 0) is 39.6 Å². The van der Waals surface area contributed by atoms with Crippen molar-refractivity contribution in [3.05, 3.63) is 147 Å². The van der Waals surface area contributed by atoms with Crippen LogP contribution in [-0.4, -0.2) is 24.2 Å². The summed E-state index contributed by atoms with van der Waals surface area (Å²) in [5.74, 6) is 0. The summed E-state index contributed by atoms with van der Waals surface area (Å²) in [5, 5.41) is 3.49. The van der Waals surface area contributed by atoms with E-state index in [1.54, 1.807) is 4.68 Å². The Bertz CT molecular complexity index is 1670. The third-order valence-electron chi connectivity index (χ3n) is 8.41. The van der Waals surface area contributed by atoms with Crippen LogP contribution < -0.4 is 10.9 Å². The number of benzene rings is 2. The van der Waals surface area contributed by atoms with Gasteiger partial charge in [-0.25, -0.2) is 4.68 Å². The van der Waals surface area contributed by atoms with Gasteiger partial charge in [0.25, 0.3) is 5.56 Å². The first kappa shape index (κ1) is 27.8. The molecule has 1 aliphatic rings. The first-order chi connectivity index (χ1) is 20.6. The summed E-state index contributed by atoms with van der Waals surface area (Å²) < 4.78 is 3.76. The largest absolute Gasteiger partial charge is 0.307 e. The number of rotatable bonds is 10. The highest BCUT2D eigenvalue weighted by Gasteiger charge is 2.29.